The highest BCUT2D eigenvalue weighted by Crippen LogP contribution is 2.56. The molecule has 0 aromatic heterocycles. The van der Waals surface area contributed by atoms with Gasteiger partial charge in [-0.1, -0.05) is 248 Å². The molecule has 10 rings (SSSR count). The molecule has 304 valence electrons. The van der Waals surface area contributed by atoms with Crippen LogP contribution in [0.25, 0.3) is 22.3 Å². The Balaban J connectivity index is 0.000000658. The van der Waals surface area contributed by atoms with Crippen LogP contribution >= 0.6 is 7.14 Å². The molecule has 0 heterocycles. The number of amidine groups is 2. The number of benzene rings is 9. The molecule has 0 aliphatic heterocycles. The van der Waals surface area contributed by atoms with Gasteiger partial charge in [0.15, 0.2) is 13.0 Å². The average Bonchev–Trinajstić information content (AvgIpc) is 3.66. The molecular formula is C58H46N3OP. The third-order valence-electron chi connectivity index (χ3n) is 11.9. The largest absolute Gasteiger partial charge is 0.383 e. The molecule has 9 aromatic carbocycles. The highest BCUT2D eigenvalue weighted by molar-refractivity contribution is 7.85. The van der Waals surface area contributed by atoms with Gasteiger partial charge >= 0.3 is 0 Å². The van der Waals surface area contributed by atoms with Crippen LogP contribution in [0.4, 0.5) is 0 Å². The average molecular weight is 832 g/mol. The summed E-state index contributed by atoms with van der Waals surface area (Å²) in [5.74, 6) is 0.421. The summed E-state index contributed by atoms with van der Waals surface area (Å²) in [7, 11) is -3.07. The van der Waals surface area contributed by atoms with Crippen molar-refractivity contribution in [2.45, 2.75) is 12.3 Å². The first kappa shape index (κ1) is 40.7. The predicted molar refractivity (Wildman–Crippen MR) is 264 cm³/mol. The van der Waals surface area contributed by atoms with Gasteiger partial charge in [0.25, 0.3) is 0 Å². The molecule has 0 unspecified atom stereocenters. The fourth-order valence-electron chi connectivity index (χ4n) is 8.79. The summed E-state index contributed by atoms with van der Waals surface area (Å²) in [5, 5.41) is 10.9. The molecule has 0 atom stereocenters. The third-order valence-corrected chi connectivity index (χ3v) is 15.0. The lowest BCUT2D eigenvalue weighted by atomic mass is 9.67. The van der Waals surface area contributed by atoms with Gasteiger partial charge in [0.05, 0.1) is 5.41 Å². The number of hydrogen-bond donors (Lipinski definition) is 2. The zero-order valence-electron chi connectivity index (χ0n) is 35.0. The fourth-order valence-corrected chi connectivity index (χ4v) is 11.4. The van der Waals surface area contributed by atoms with Crippen molar-refractivity contribution in [3.8, 4) is 22.3 Å². The summed E-state index contributed by atoms with van der Waals surface area (Å²) in [6.07, 6.45) is 0. The summed E-state index contributed by atoms with van der Waals surface area (Å²) in [5.41, 5.74) is 17.9. The van der Waals surface area contributed by atoms with Gasteiger partial charge in [-0.2, -0.15) is 0 Å². The molecular weight excluding hydrogens is 786 g/mol. The van der Waals surface area contributed by atoms with Gasteiger partial charge in [0.2, 0.25) is 0 Å². The van der Waals surface area contributed by atoms with E-state index in [9.17, 15) is 4.57 Å². The molecule has 0 fully saturated rings. The summed E-state index contributed by atoms with van der Waals surface area (Å²) in [6.45, 7) is 2.08. The molecule has 0 saturated carbocycles. The Hall–Kier alpha value is -7.65. The van der Waals surface area contributed by atoms with Gasteiger partial charge in [-0.15, -0.1) is 0 Å². The molecule has 5 heteroatoms. The summed E-state index contributed by atoms with van der Waals surface area (Å²) in [6, 6.07) is 82.0. The molecule has 0 saturated heterocycles. The summed E-state index contributed by atoms with van der Waals surface area (Å²) in [4.78, 5) is 4.44. The van der Waals surface area contributed by atoms with Gasteiger partial charge in [0.1, 0.15) is 5.84 Å². The lowest BCUT2D eigenvalue weighted by Crippen LogP contribution is -2.28. The van der Waals surface area contributed by atoms with Crippen LogP contribution in [0.3, 0.4) is 0 Å². The quantitative estimate of drug-likeness (QED) is 0.0909. The minimum atomic E-state index is -3.07. The van der Waals surface area contributed by atoms with E-state index in [2.05, 4.69) is 121 Å². The molecule has 0 bridgehead atoms. The summed E-state index contributed by atoms with van der Waals surface area (Å²) < 4.78 is 15.0. The van der Waals surface area contributed by atoms with Gasteiger partial charge in [0, 0.05) is 27.0 Å². The number of rotatable bonds is 8. The van der Waals surface area contributed by atoms with Crippen LogP contribution in [0.2, 0.25) is 0 Å². The van der Waals surface area contributed by atoms with Crippen molar-refractivity contribution in [3.05, 3.63) is 282 Å². The Morgan fingerprint density at radius 1 is 0.444 bits per heavy atom. The minimum Gasteiger partial charge on any atom is -0.383 e. The Bertz CT molecular complexity index is 2990. The Labute approximate surface area is 370 Å². The Morgan fingerprint density at radius 2 is 0.825 bits per heavy atom. The first-order chi connectivity index (χ1) is 30.9. The molecule has 9 aromatic rings. The number of fused-ring (bicyclic) bond motifs is 3. The standard InChI is InChI=1S/C51H38N3OP.C7H8/c52-49(38-14-4-1-5-15-38)54-50(53)39-26-32-41(33-27-39)51(47-22-12-10-20-45(47)46-21-11-13-23-48(46)51)40-30-24-36(25-31-40)37-28-34-44(35-29-37)56(55,42-16-6-2-7-17-42)43-18-8-3-9-19-43;1-7-5-3-2-4-6-7/h1-35H,(H3,52,53,54);2-6H,1H3. The Kier molecular flexibility index (Phi) is 11.5. The maximum Gasteiger partial charge on any atom is 0.171 e. The van der Waals surface area contributed by atoms with E-state index in [0.717, 1.165) is 43.7 Å². The van der Waals surface area contributed by atoms with Crippen molar-refractivity contribution in [2.24, 2.45) is 10.7 Å². The highest BCUT2D eigenvalue weighted by Gasteiger charge is 2.45. The van der Waals surface area contributed by atoms with Crippen LogP contribution in [0.1, 0.15) is 38.9 Å². The molecule has 0 amide bonds. The van der Waals surface area contributed by atoms with Gasteiger partial charge in [-0.25, -0.2) is 4.99 Å². The van der Waals surface area contributed by atoms with E-state index in [1.807, 2.05) is 133 Å². The smallest absolute Gasteiger partial charge is 0.171 e. The van der Waals surface area contributed by atoms with Crippen LogP contribution in [-0.4, -0.2) is 11.7 Å². The van der Waals surface area contributed by atoms with Crippen molar-refractivity contribution in [1.29, 1.82) is 5.41 Å². The van der Waals surface area contributed by atoms with Gasteiger partial charge < -0.3 is 10.3 Å². The molecule has 1 aliphatic carbocycles. The second-order valence-corrected chi connectivity index (χ2v) is 18.5. The molecule has 0 radical (unpaired) electrons. The van der Waals surface area contributed by atoms with E-state index in [4.69, 9.17) is 11.1 Å². The van der Waals surface area contributed by atoms with E-state index >= 15 is 0 Å². The predicted octanol–water partition coefficient (Wildman–Crippen LogP) is 12.1. The number of aliphatic imine (C=N–C) groups is 1. The lowest BCUT2D eigenvalue weighted by Gasteiger charge is -2.34. The van der Waals surface area contributed by atoms with E-state index in [1.165, 1.54) is 27.8 Å². The van der Waals surface area contributed by atoms with Crippen molar-refractivity contribution in [3.63, 3.8) is 0 Å². The third kappa shape index (κ3) is 7.78. The SMILES string of the molecule is Cc1ccccc1.N=C(N=C(N)c1ccc(C2(c3ccc(-c4ccc(P(=O)(c5ccccc5)c5ccccc5)cc4)cc3)c3ccccc3-c3ccccc32)cc1)c1ccccc1. The lowest BCUT2D eigenvalue weighted by molar-refractivity contribution is 0.592. The Morgan fingerprint density at radius 3 is 1.29 bits per heavy atom. The van der Waals surface area contributed by atoms with Gasteiger partial charge in [-0.05, 0) is 51.4 Å². The number of aryl methyl sites for hydroxylation is 1. The van der Waals surface area contributed by atoms with Gasteiger partial charge in [-0.3, -0.25) is 5.41 Å². The van der Waals surface area contributed by atoms with Crippen LogP contribution in [0.15, 0.2) is 248 Å². The van der Waals surface area contributed by atoms with Crippen molar-refractivity contribution in [2.75, 3.05) is 0 Å². The summed E-state index contributed by atoms with van der Waals surface area (Å²) >= 11 is 0. The molecule has 4 nitrogen and oxygen atoms in total. The minimum absolute atomic E-state index is 0.124. The number of nitrogens with two attached hydrogens (primary N) is 1. The van der Waals surface area contributed by atoms with Crippen LogP contribution < -0.4 is 21.6 Å². The topological polar surface area (TPSA) is 79.3 Å². The molecule has 63 heavy (non-hydrogen) atoms. The fraction of sp³-hybridized carbons (Fsp3) is 0.0345. The maximum absolute atomic E-state index is 15.0. The second-order valence-electron chi connectivity index (χ2n) is 15.7. The number of hydrogen-bond acceptors (Lipinski definition) is 2. The van der Waals surface area contributed by atoms with Crippen molar-refractivity contribution in [1.82, 2.24) is 0 Å². The first-order valence-electron chi connectivity index (χ1n) is 21.1. The zero-order chi connectivity index (χ0) is 43.2. The highest BCUT2D eigenvalue weighted by atomic mass is 31.2. The molecule has 0 spiro atoms. The van der Waals surface area contributed by atoms with E-state index in [1.54, 1.807) is 0 Å². The molecule has 1 aliphatic rings. The van der Waals surface area contributed by atoms with E-state index in [-0.39, 0.29) is 5.84 Å². The van der Waals surface area contributed by atoms with Crippen LogP contribution in [0, 0.1) is 12.3 Å². The first-order valence-corrected chi connectivity index (χ1v) is 22.8. The van der Waals surface area contributed by atoms with Crippen LogP contribution in [0.5, 0.6) is 0 Å². The van der Waals surface area contributed by atoms with Crippen LogP contribution in [-0.2, 0) is 9.98 Å². The van der Waals surface area contributed by atoms with Crippen molar-refractivity contribution >= 4 is 34.7 Å². The second kappa shape index (κ2) is 17.8. The zero-order valence-corrected chi connectivity index (χ0v) is 35.9. The van der Waals surface area contributed by atoms with E-state index in [0.29, 0.717) is 11.4 Å². The number of nitrogens with one attached hydrogen (secondary N) is 1. The van der Waals surface area contributed by atoms with Crippen molar-refractivity contribution < 1.29 is 4.57 Å². The normalized spacial score (nSPS) is 12.6. The number of nitrogens with zero attached hydrogens (tertiary/aromatic N) is 1. The molecule has 3 N–H and O–H groups in total. The van der Waals surface area contributed by atoms with E-state index < -0.39 is 12.6 Å². The maximum atomic E-state index is 15.0. The monoisotopic (exact) mass is 831 g/mol.